The van der Waals surface area contributed by atoms with Crippen LogP contribution >= 0.6 is 0 Å². The predicted octanol–water partition coefficient (Wildman–Crippen LogP) is 8.29. The van der Waals surface area contributed by atoms with Crippen molar-refractivity contribution >= 4 is 0 Å². The van der Waals surface area contributed by atoms with Crippen molar-refractivity contribution in [2.75, 3.05) is 0 Å². The van der Waals surface area contributed by atoms with E-state index in [1.807, 2.05) is 0 Å². The summed E-state index contributed by atoms with van der Waals surface area (Å²) in [5, 5.41) is 0. The molecule has 0 bridgehead atoms. The minimum Gasteiger partial charge on any atom is -0.0654 e. The lowest BCUT2D eigenvalue weighted by atomic mass is 9.82. The van der Waals surface area contributed by atoms with Gasteiger partial charge in [0.15, 0.2) is 0 Å². The van der Waals surface area contributed by atoms with Gasteiger partial charge in [0.2, 0.25) is 0 Å². The first kappa shape index (κ1) is 21.0. The van der Waals surface area contributed by atoms with Crippen molar-refractivity contribution in [3.63, 3.8) is 0 Å². The summed E-state index contributed by atoms with van der Waals surface area (Å²) >= 11 is 0. The highest BCUT2D eigenvalue weighted by Crippen LogP contribution is 2.30. The van der Waals surface area contributed by atoms with E-state index >= 15 is 0 Å². The van der Waals surface area contributed by atoms with Crippen LogP contribution in [0.5, 0.6) is 0 Å². The molecule has 0 saturated carbocycles. The van der Waals surface area contributed by atoms with Gasteiger partial charge >= 0.3 is 0 Å². The van der Waals surface area contributed by atoms with Crippen molar-refractivity contribution in [2.45, 2.75) is 130 Å². The molecule has 0 unspecified atom stereocenters. The topological polar surface area (TPSA) is 0 Å². The fourth-order valence-corrected chi connectivity index (χ4v) is 3.25. The van der Waals surface area contributed by atoms with E-state index < -0.39 is 0 Å². The van der Waals surface area contributed by atoms with Gasteiger partial charge in [-0.3, -0.25) is 0 Å². The Bertz CT molecular complexity index is 192. The summed E-state index contributed by atoms with van der Waals surface area (Å²) in [6.07, 6.45) is 23.1. The lowest BCUT2D eigenvalue weighted by molar-refractivity contribution is 0.282. The fourth-order valence-electron chi connectivity index (χ4n) is 3.25. The molecule has 0 heteroatoms. The Hall–Kier alpha value is 0. The maximum Gasteiger partial charge on any atom is -0.0354 e. The zero-order chi connectivity index (χ0) is 15.8. The molecule has 0 amide bonds. The van der Waals surface area contributed by atoms with Crippen LogP contribution in [-0.2, 0) is 0 Å². The SMILES string of the molecule is CCCCCCCCCCC(C)(C)CCCCCCCC. The molecule has 0 spiro atoms. The van der Waals surface area contributed by atoms with Gasteiger partial charge in [0, 0.05) is 0 Å². The third-order valence-electron chi connectivity index (χ3n) is 4.91. The smallest absolute Gasteiger partial charge is 0.0354 e. The summed E-state index contributed by atoms with van der Waals surface area (Å²) in [4.78, 5) is 0. The Labute approximate surface area is 136 Å². The van der Waals surface area contributed by atoms with Crippen LogP contribution in [0.2, 0.25) is 0 Å². The molecule has 0 fully saturated rings. The maximum atomic E-state index is 2.49. The molecule has 0 atom stereocenters. The molecule has 0 aliphatic heterocycles. The first-order chi connectivity index (χ1) is 10.1. The van der Waals surface area contributed by atoms with Crippen molar-refractivity contribution < 1.29 is 0 Å². The molecule has 0 N–H and O–H groups in total. The highest BCUT2D eigenvalue weighted by molar-refractivity contribution is 4.68. The molecule has 128 valence electrons. The molecular formula is C21H44. The summed E-state index contributed by atoms with van der Waals surface area (Å²) in [5.74, 6) is 0. The predicted molar refractivity (Wildman–Crippen MR) is 99.0 cm³/mol. The van der Waals surface area contributed by atoms with E-state index in [1.165, 1.54) is 103 Å². The third-order valence-corrected chi connectivity index (χ3v) is 4.91. The van der Waals surface area contributed by atoms with Gasteiger partial charge in [-0.05, 0) is 18.3 Å². The molecule has 0 aliphatic rings. The summed E-state index contributed by atoms with van der Waals surface area (Å²) in [6.45, 7) is 9.57. The summed E-state index contributed by atoms with van der Waals surface area (Å²) < 4.78 is 0. The Kier molecular flexibility index (Phi) is 14.9. The van der Waals surface area contributed by atoms with E-state index in [2.05, 4.69) is 27.7 Å². The summed E-state index contributed by atoms with van der Waals surface area (Å²) in [7, 11) is 0. The number of rotatable bonds is 16. The molecule has 0 aromatic carbocycles. The van der Waals surface area contributed by atoms with Gasteiger partial charge in [0.1, 0.15) is 0 Å². The van der Waals surface area contributed by atoms with Crippen LogP contribution in [0.15, 0.2) is 0 Å². The van der Waals surface area contributed by atoms with E-state index in [-0.39, 0.29) is 0 Å². The van der Waals surface area contributed by atoms with Crippen LogP contribution in [0.4, 0.5) is 0 Å². The highest BCUT2D eigenvalue weighted by atomic mass is 14.2. The van der Waals surface area contributed by atoms with Gasteiger partial charge in [-0.25, -0.2) is 0 Å². The molecule has 0 rings (SSSR count). The number of hydrogen-bond acceptors (Lipinski definition) is 0. The molecule has 21 heavy (non-hydrogen) atoms. The van der Waals surface area contributed by atoms with Crippen LogP contribution in [0.1, 0.15) is 130 Å². The minimum absolute atomic E-state index is 0.590. The van der Waals surface area contributed by atoms with E-state index in [9.17, 15) is 0 Å². The lowest BCUT2D eigenvalue weighted by Gasteiger charge is -2.24. The molecular weight excluding hydrogens is 252 g/mol. The molecule has 0 heterocycles. The van der Waals surface area contributed by atoms with Crippen LogP contribution in [-0.4, -0.2) is 0 Å². The van der Waals surface area contributed by atoms with Gasteiger partial charge in [-0.2, -0.15) is 0 Å². The van der Waals surface area contributed by atoms with E-state index in [0.29, 0.717) is 5.41 Å². The lowest BCUT2D eigenvalue weighted by Crippen LogP contribution is -2.11. The second-order valence-electron chi connectivity index (χ2n) is 7.91. The quantitative estimate of drug-likeness (QED) is 0.251. The van der Waals surface area contributed by atoms with Crippen molar-refractivity contribution in [3.8, 4) is 0 Å². The van der Waals surface area contributed by atoms with Gasteiger partial charge in [0.25, 0.3) is 0 Å². The van der Waals surface area contributed by atoms with Crippen molar-refractivity contribution in [3.05, 3.63) is 0 Å². The molecule has 0 radical (unpaired) electrons. The van der Waals surface area contributed by atoms with Crippen LogP contribution in [0.3, 0.4) is 0 Å². The van der Waals surface area contributed by atoms with E-state index in [1.54, 1.807) is 0 Å². The maximum absolute atomic E-state index is 2.49. The highest BCUT2D eigenvalue weighted by Gasteiger charge is 2.16. The van der Waals surface area contributed by atoms with Crippen LogP contribution in [0, 0.1) is 5.41 Å². The second-order valence-corrected chi connectivity index (χ2v) is 7.91. The molecule has 0 nitrogen and oxygen atoms in total. The molecule has 0 aromatic heterocycles. The summed E-state index contributed by atoms with van der Waals surface area (Å²) in [5.41, 5.74) is 0.590. The first-order valence-electron chi connectivity index (χ1n) is 10.1. The van der Waals surface area contributed by atoms with Gasteiger partial charge in [-0.1, -0.05) is 118 Å². The van der Waals surface area contributed by atoms with Crippen LogP contribution < -0.4 is 0 Å². The van der Waals surface area contributed by atoms with Gasteiger partial charge < -0.3 is 0 Å². The minimum atomic E-state index is 0.590. The Morgan fingerprint density at radius 1 is 0.429 bits per heavy atom. The van der Waals surface area contributed by atoms with Crippen molar-refractivity contribution in [2.24, 2.45) is 5.41 Å². The average molecular weight is 297 g/mol. The molecule has 0 aliphatic carbocycles. The second kappa shape index (κ2) is 14.9. The number of unbranched alkanes of at least 4 members (excludes halogenated alkanes) is 12. The van der Waals surface area contributed by atoms with Crippen molar-refractivity contribution in [1.29, 1.82) is 0 Å². The van der Waals surface area contributed by atoms with E-state index in [0.717, 1.165) is 0 Å². The normalized spacial score (nSPS) is 12.0. The zero-order valence-electron chi connectivity index (χ0n) is 15.8. The number of hydrogen-bond donors (Lipinski definition) is 0. The zero-order valence-corrected chi connectivity index (χ0v) is 15.8. The first-order valence-corrected chi connectivity index (χ1v) is 10.1. The Balaban J connectivity index is 3.34. The van der Waals surface area contributed by atoms with Crippen molar-refractivity contribution in [1.82, 2.24) is 0 Å². The third kappa shape index (κ3) is 16.2. The van der Waals surface area contributed by atoms with Gasteiger partial charge in [-0.15, -0.1) is 0 Å². The largest absolute Gasteiger partial charge is 0.0654 e. The van der Waals surface area contributed by atoms with E-state index in [4.69, 9.17) is 0 Å². The van der Waals surface area contributed by atoms with Crippen LogP contribution in [0.25, 0.3) is 0 Å². The summed E-state index contributed by atoms with van der Waals surface area (Å²) in [6, 6.07) is 0. The monoisotopic (exact) mass is 296 g/mol. The fraction of sp³-hybridized carbons (Fsp3) is 1.00. The van der Waals surface area contributed by atoms with Gasteiger partial charge in [0.05, 0.1) is 0 Å². The molecule has 0 aromatic rings. The average Bonchev–Trinajstić information content (AvgIpc) is 2.45. The standard InChI is InChI=1S/C21H44/c1-5-7-9-11-13-14-16-18-20-21(3,4)19-17-15-12-10-8-6-2/h5-20H2,1-4H3. The Morgan fingerprint density at radius 2 is 0.714 bits per heavy atom. The molecule has 0 saturated heterocycles. The Morgan fingerprint density at radius 3 is 1.05 bits per heavy atom.